The Morgan fingerprint density at radius 3 is 2.65 bits per heavy atom. The summed E-state index contributed by atoms with van der Waals surface area (Å²) in [4.78, 5) is 11.7. The van der Waals surface area contributed by atoms with Crippen LogP contribution in [0.2, 0.25) is 0 Å². The van der Waals surface area contributed by atoms with Gasteiger partial charge in [0.25, 0.3) is 0 Å². The predicted octanol–water partition coefficient (Wildman–Crippen LogP) is 2.28. The number of hydrogen-bond donors (Lipinski definition) is 1. The first kappa shape index (κ1) is 12.1. The highest BCUT2D eigenvalue weighted by Crippen LogP contribution is 2.37. The molecule has 0 unspecified atom stereocenters. The number of hydrogen-bond acceptors (Lipinski definition) is 3. The first-order chi connectivity index (χ1) is 8.08. The van der Waals surface area contributed by atoms with E-state index in [-0.39, 0.29) is 6.61 Å². The molecule has 92 valence electrons. The maximum Gasteiger partial charge on any atom is 0.338 e. The van der Waals surface area contributed by atoms with Gasteiger partial charge in [-0.05, 0) is 24.8 Å². The highest BCUT2D eigenvalue weighted by molar-refractivity contribution is 5.78. The zero-order valence-electron chi connectivity index (χ0n) is 10.1. The Hall–Kier alpha value is -1.35. The summed E-state index contributed by atoms with van der Waals surface area (Å²) in [5, 5.41) is 10.00. The van der Waals surface area contributed by atoms with Crippen LogP contribution in [0.15, 0.2) is 30.3 Å². The highest BCUT2D eigenvalue weighted by Gasteiger charge is 2.38. The van der Waals surface area contributed by atoms with Crippen LogP contribution in [0.4, 0.5) is 0 Å². The van der Waals surface area contributed by atoms with Gasteiger partial charge in [-0.15, -0.1) is 0 Å². The molecular weight excluding hydrogens is 216 g/mol. The van der Waals surface area contributed by atoms with Crippen molar-refractivity contribution in [2.75, 3.05) is 0 Å². The molecule has 1 N–H and O–H groups in total. The van der Waals surface area contributed by atoms with Crippen LogP contribution >= 0.6 is 0 Å². The van der Waals surface area contributed by atoms with E-state index in [1.54, 1.807) is 6.92 Å². The molecule has 1 fully saturated rings. The second-order valence-corrected chi connectivity index (χ2v) is 4.98. The molecule has 0 saturated heterocycles. The van der Waals surface area contributed by atoms with Crippen molar-refractivity contribution in [1.82, 2.24) is 0 Å². The quantitative estimate of drug-likeness (QED) is 0.795. The number of ether oxygens (including phenoxy) is 1. The summed E-state index contributed by atoms with van der Waals surface area (Å²) in [5.74, 6) is -0.0254. The Morgan fingerprint density at radius 2 is 2.06 bits per heavy atom. The van der Waals surface area contributed by atoms with E-state index < -0.39 is 11.6 Å². The van der Waals surface area contributed by atoms with Gasteiger partial charge < -0.3 is 9.84 Å². The molecule has 1 aromatic rings. The molecule has 3 heteroatoms. The third-order valence-electron chi connectivity index (χ3n) is 3.04. The Labute approximate surface area is 101 Å². The van der Waals surface area contributed by atoms with Crippen LogP contribution in [0.3, 0.4) is 0 Å². The predicted molar refractivity (Wildman–Crippen MR) is 64.2 cm³/mol. The third-order valence-corrected chi connectivity index (χ3v) is 3.04. The summed E-state index contributed by atoms with van der Waals surface area (Å²) in [7, 11) is 0. The summed E-state index contributed by atoms with van der Waals surface area (Å²) in [5.41, 5.74) is -0.404. The van der Waals surface area contributed by atoms with Crippen molar-refractivity contribution in [1.29, 1.82) is 0 Å². The molecule has 0 amide bonds. The SMILES string of the molecule is C[C@@](O)(CC1CC1)C(=O)OCc1ccccc1. The van der Waals surface area contributed by atoms with Crippen molar-refractivity contribution >= 4 is 5.97 Å². The van der Waals surface area contributed by atoms with Crippen LogP contribution in [0.5, 0.6) is 0 Å². The van der Waals surface area contributed by atoms with Crippen LogP contribution in [0.1, 0.15) is 31.7 Å². The molecule has 0 bridgehead atoms. The van der Waals surface area contributed by atoms with Gasteiger partial charge in [0.2, 0.25) is 0 Å². The number of aliphatic hydroxyl groups is 1. The molecule has 0 aromatic heterocycles. The normalized spacial score (nSPS) is 18.5. The molecule has 1 aliphatic rings. The smallest absolute Gasteiger partial charge is 0.338 e. The lowest BCUT2D eigenvalue weighted by Gasteiger charge is -2.21. The van der Waals surface area contributed by atoms with Crippen LogP contribution < -0.4 is 0 Å². The van der Waals surface area contributed by atoms with Crippen LogP contribution in [-0.2, 0) is 16.1 Å². The Bertz CT molecular complexity index is 380. The van der Waals surface area contributed by atoms with Gasteiger partial charge in [0.15, 0.2) is 5.60 Å². The topological polar surface area (TPSA) is 46.5 Å². The molecule has 2 rings (SSSR count). The van der Waals surface area contributed by atoms with E-state index in [9.17, 15) is 9.90 Å². The van der Waals surface area contributed by atoms with Gasteiger partial charge in [0, 0.05) is 0 Å². The van der Waals surface area contributed by atoms with E-state index in [0.717, 1.165) is 18.4 Å². The molecule has 1 saturated carbocycles. The maximum absolute atomic E-state index is 11.7. The molecule has 3 nitrogen and oxygen atoms in total. The monoisotopic (exact) mass is 234 g/mol. The van der Waals surface area contributed by atoms with E-state index in [0.29, 0.717) is 12.3 Å². The molecule has 0 heterocycles. The number of esters is 1. The fourth-order valence-corrected chi connectivity index (χ4v) is 1.85. The zero-order valence-corrected chi connectivity index (χ0v) is 10.1. The first-order valence-electron chi connectivity index (χ1n) is 6.01. The highest BCUT2D eigenvalue weighted by atomic mass is 16.5. The van der Waals surface area contributed by atoms with Crippen LogP contribution in [0.25, 0.3) is 0 Å². The minimum Gasteiger partial charge on any atom is -0.459 e. The largest absolute Gasteiger partial charge is 0.459 e. The summed E-state index contributed by atoms with van der Waals surface area (Å²) >= 11 is 0. The Balaban J connectivity index is 1.83. The van der Waals surface area contributed by atoms with Crippen LogP contribution in [-0.4, -0.2) is 16.7 Å². The molecule has 1 aromatic carbocycles. The number of benzene rings is 1. The lowest BCUT2D eigenvalue weighted by Crippen LogP contribution is -2.37. The van der Waals surface area contributed by atoms with Crippen molar-refractivity contribution in [3.8, 4) is 0 Å². The Morgan fingerprint density at radius 1 is 1.41 bits per heavy atom. The van der Waals surface area contributed by atoms with Gasteiger partial charge >= 0.3 is 5.97 Å². The van der Waals surface area contributed by atoms with Gasteiger partial charge in [-0.1, -0.05) is 43.2 Å². The maximum atomic E-state index is 11.7. The second-order valence-electron chi connectivity index (χ2n) is 4.98. The molecule has 1 aliphatic carbocycles. The van der Waals surface area contributed by atoms with Crippen molar-refractivity contribution < 1.29 is 14.6 Å². The molecule has 0 spiro atoms. The summed E-state index contributed by atoms with van der Waals surface area (Å²) in [6, 6.07) is 9.48. The summed E-state index contributed by atoms with van der Waals surface area (Å²) < 4.78 is 5.13. The van der Waals surface area contributed by atoms with Gasteiger partial charge in [-0.2, -0.15) is 0 Å². The van der Waals surface area contributed by atoms with Gasteiger partial charge in [0.1, 0.15) is 6.61 Å². The van der Waals surface area contributed by atoms with Gasteiger partial charge in [-0.25, -0.2) is 4.79 Å². The average molecular weight is 234 g/mol. The van der Waals surface area contributed by atoms with E-state index in [1.807, 2.05) is 30.3 Å². The number of carbonyl (C=O) groups is 1. The van der Waals surface area contributed by atoms with E-state index in [4.69, 9.17) is 4.74 Å². The Kier molecular flexibility index (Phi) is 3.48. The van der Waals surface area contributed by atoms with Crippen molar-refractivity contribution in [3.63, 3.8) is 0 Å². The first-order valence-corrected chi connectivity index (χ1v) is 6.01. The van der Waals surface area contributed by atoms with Crippen molar-refractivity contribution in [3.05, 3.63) is 35.9 Å². The molecule has 17 heavy (non-hydrogen) atoms. The lowest BCUT2D eigenvalue weighted by molar-refractivity contribution is -0.166. The number of rotatable bonds is 5. The van der Waals surface area contributed by atoms with Gasteiger partial charge in [0.05, 0.1) is 0 Å². The van der Waals surface area contributed by atoms with Gasteiger partial charge in [-0.3, -0.25) is 0 Å². The zero-order chi connectivity index (χ0) is 12.3. The fourth-order valence-electron chi connectivity index (χ4n) is 1.85. The van der Waals surface area contributed by atoms with E-state index in [2.05, 4.69) is 0 Å². The molecular formula is C14H18O3. The number of carbonyl (C=O) groups excluding carboxylic acids is 1. The molecule has 0 radical (unpaired) electrons. The molecule has 1 atom stereocenters. The summed E-state index contributed by atoms with van der Waals surface area (Å²) in [6.07, 6.45) is 2.74. The lowest BCUT2D eigenvalue weighted by atomic mass is 9.99. The minimum atomic E-state index is -1.34. The molecule has 0 aliphatic heterocycles. The average Bonchev–Trinajstić information content (AvgIpc) is 3.10. The van der Waals surface area contributed by atoms with E-state index >= 15 is 0 Å². The second kappa shape index (κ2) is 4.88. The summed E-state index contributed by atoms with van der Waals surface area (Å²) in [6.45, 7) is 1.76. The van der Waals surface area contributed by atoms with E-state index in [1.165, 1.54) is 0 Å². The third kappa shape index (κ3) is 3.56. The van der Waals surface area contributed by atoms with Crippen molar-refractivity contribution in [2.24, 2.45) is 5.92 Å². The fraction of sp³-hybridized carbons (Fsp3) is 0.500. The van der Waals surface area contributed by atoms with Crippen molar-refractivity contribution in [2.45, 2.75) is 38.4 Å². The van der Waals surface area contributed by atoms with Crippen LogP contribution in [0, 0.1) is 5.92 Å². The minimum absolute atomic E-state index is 0.223. The standard InChI is InChI=1S/C14H18O3/c1-14(16,9-11-7-8-11)13(15)17-10-12-5-3-2-4-6-12/h2-6,11,16H,7-10H2,1H3/t14-/m1/s1.